The molecule has 6 heteroatoms. The SMILES string of the molecule is COc1ccccc1[C@@H](C)NS(=O)(=O)c1cc2c(cc1OC)CCCC2. The third-order valence-electron chi connectivity index (χ3n) is 4.85. The van der Waals surface area contributed by atoms with Crippen LogP contribution in [0.5, 0.6) is 11.5 Å². The maximum absolute atomic E-state index is 13.0. The van der Waals surface area contributed by atoms with E-state index >= 15 is 0 Å². The van der Waals surface area contributed by atoms with E-state index in [2.05, 4.69) is 4.72 Å². The van der Waals surface area contributed by atoms with E-state index in [0.717, 1.165) is 36.8 Å². The molecule has 0 bridgehead atoms. The van der Waals surface area contributed by atoms with Crippen LogP contribution in [0, 0.1) is 0 Å². The molecule has 5 nitrogen and oxygen atoms in total. The van der Waals surface area contributed by atoms with Gasteiger partial charge >= 0.3 is 0 Å². The number of hydrogen-bond acceptors (Lipinski definition) is 4. The Morgan fingerprint density at radius 2 is 1.58 bits per heavy atom. The van der Waals surface area contributed by atoms with Crippen LogP contribution in [0.15, 0.2) is 41.3 Å². The Bertz CT molecular complexity index is 893. The van der Waals surface area contributed by atoms with E-state index < -0.39 is 16.1 Å². The van der Waals surface area contributed by atoms with Gasteiger partial charge in [0.15, 0.2) is 0 Å². The molecule has 0 aromatic heterocycles. The second-order valence-electron chi connectivity index (χ2n) is 6.56. The number of methoxy groups -OCH3 is 2. The van der Waals surface area contributed by atoms with E-state index in [0.29, 0.717) is 11.5 Å². The monoisotopic (exact) mass is 375 g/mol. The fraction of sp³-hybridized carbons (Fsp3) is 0.400. The Morgan fingerprint density at radius 1 is 0.962 bits per heavy atom. The molecule has 2 aromatic rings. The smallest absolute Gasteiger partial charge is 0.244 e. The van der Waals surface area contributed by atoms with Gasteiger partial charge in [-0.05, 0) is 61.9 Å². The van der Waals surface area contributed by atoms with Crippen molar-refractivity contribution >= 4 is 10.0 Å². The molecule has 1 N–H and O–H groups in total. The largest absolute Gasteiger partial charge is 0.496 e. The van der Waals surface area contributed by atoms with E-state index in [1.165, 1.54) is 12.7 Å². The van der Waals surface area contributed by atoms with Gasteiger partial charge in [-0.1, -0.05) is 18.2 Å². The molecular formula is C20H25NO4S. The maximum atomic E-state index is 13.0. The van der Waals surface area contributed by atoms with Crippen LogP contribution in [0.2, 0.25) is 0 Å². The molecule has 26 heavy (non-hydrogen) atoms. The van der Waals surface area contributed by atoms with Crippen LogP contribution < -0.4 is 14.2 Å². The number of sulfonamides is 1. The second kappa shape index (κ2) is 7.68. The Morgan fingerprint density at radius 3 is 2.23 bits per heavy atom. The molecule has 140 valence electrons. The first-order valence-corrected chi connectivity index (χ1v) is 10.3. The quantitative estimate of drug-likeness (QED) is 0.837. The van der Waals surface area contributed by atoms with E-state index in [1.54, 1.807) is 20.1 Å². The van der Waals surface area contributed by atoms with Crippen molar-refractivity contribution in [3.05, 3.63) is 53.1 Å². The van der Waals surface area contributed by atoms with Gasteiger partial charge in [-0.2, -0.15) is 0 Å². The molecule has 2 aromatic carbocycles. The highest BCUT2D eigenvalue weighted by molar-refractivity contribution is 7.89. The van der Waals surface area contributed by atoms with Gasteiger partial charge in [-0.3, -0.25) is 0 Å². The van der Waals surface area contributed by atoms with Crippen molar-refractivity contribution in [1.29, 1.82) is 0 Å². The number of hydrogen-bond donors (Lipinski definition) is 1. The average molecular weight is 375 g/mol. The van der Waals surface area contributed by atoms with Gasteiger partial charge in [-0.25, -0.2) is 13.1 Å². The van der Waals surface area contributed by atoms with Crippen LogP contribution in [0.1, 0.15) is 42.5 Å². The van der Waals surface area contributed by atoms with Crippen LogP contribution >= 0.6 is 0 Å². The van der Waals surface area contributed by atoms with Crippen molar-refractivity contribution < 1.29 is 17.9 Å². The molecule has 1 atom stereocenters. The lowest BCUT2D eigenvalue weighted by atomic mass is 9.92. The average Bonchev–Trinajstić information content (AvgIpc) is 2.66. The Balaban J connectivity index is 1.95. The van der Waals surface area contributed by atoms with Crippen molar-refractivity contribution in [3.8, 4) is 11.5 Å². The van der Waals surface area contributed by atoms with Crippen LogP contribution in [-0.2, 0) is 22.9 Å². The minimum absolute atomic E-state index is 0.197. The van der Waals surface area contributed by atoms with Crippen LogP contribution in [0.25, 0.3) is 0 Å². The fourth-order valence-electron chi connectivity index (χ4n) is 3.49. The third-order valence-corrected chi connectivity index (χ3v) is 6.42. The zero-order chi connectivity index (χ0) is 18.7. The molecule has 0 fully saturated rings. The van der Waals surface area contributed by atoms with Gasteiger partial charge < -0.3 is 9.47 Å². The maximum Gasteiger partial charge on any atom is 0.244 e. The number of nitrogens with one attached hydrogen (secondary N) is 1. The lowest BCUT2D eigenvalue weighted by Crippen LogP contribution is -2.28. The summed E-state index contributed by atoms with van der Waals surface area (Å²) in [6.07, 6.45) is 4.09. The number of para-hydroxylation sites is 1. The Hall–Kier alpha value is -2.05. The molecule has 0 radical (unpaired) electrons. The Labute approximate surface area is 155 Å². The summed E-state index contributed by atoms with van der Waals surface area (Å²) in [7, 11) is -0.656. The standard InChI is InChI=1S/C20H25NO4S/c1-14(17-10-6-7-11-18(17)24-2)21-26(22,23)20-13-16-9-5-4-8-15(16)12-19(20)25-3/h6-7,10-14,21H,4-5,8-9H2,1-3H3/t14-/m1/s1. The number of ether oxygens (including phenoxy) is 2. The zero-order valence-electron chi connectivity index (χ0n) is 15.4. The number of rotatable bonds is 6. The summed E-state index contributed by atoms with van der Waals surface area (Å²) >= 11 is 0. The fourth-order valence-corrected chi connectivity index (χ4v) is 4.92. The van der Waals surface area contributed by atoms with E-state index in [1.807, 2.05) is 30.3 Å². The Kier molecular flexibility index (Phi) is 5.53. The van der Waals surface area contributed by atoms with E-state index in [4.69, 9.17) is 9.47 Å². The van der Waals surface area contributed by atoms with Gasteiger partial charge in [0, 0.05) is 11.6 Å². The second-order valence-corrected chi connectivity index (χ2v) is 8.25. The topological polar surface area (TPSA) is 64.6 Å². The van der Waals surface area contributed by atoms with Gasteiger partial charge in [0.25, 0.3) is 0 Å². The van der Waals surface area contributed by atoms with Crippen molar-refractivity contribution in [3.63, 3.8) is 0 Å². The first-order valence-electron chi connectivity index (χ1n) is 8.81. The van der Waals surface area contributed by atoms with Gasteiger partial charge in [0.05, 0.1) is 14.2 Å². The number of benzene rings is 2. The summed E-state index contributed by atoms with van der Waals surface area (Å²) in [5.74, 6) is 1.05. The zero-order valence-corrected chi connectivity index (χ0v) is 16.2. The molecule has 0 aliphatic heterocycles. The van der Waals surface area contributed by atoms with Crippen LogP contribution in [-0.4, -0.2) is 22.6 Å². The predicted molar refractivity (Wildman–Crippen MR) is 101 cm³/mol. The lowest BCUT2D eigenvalue weighted by molar-refractivity contribution is 0.399. The molecular weight excluding hydrogens is 350 g/mol. The summed E-state index contributed by atoms with van der Waals surface area (Å²) in [6.45, 7) is 1.81. The van der Waals surface area contributed by atoms with Crippen molar-refractivity contribution in [2.75, 3.05) is 14.2 Å². The lowest BCUT2D eigenvalue weighted by Gasteiger charge is -2.21. The highest BCUT2D eigenvalue weighted by Crippen LogP contribution is 2.33. The molecule has 0 saturated heterocycles. The molecule has 0 amide bonds. The van der Waals surface area contributed by atoms with E-state index in [-0.39, 0.29) is 4.90 Å². The molecule has 0 unspecified atom stereocenters. The van der Waals surface area contributed by atoms with Crippen molar-refractivity contribution in [2.45, 2.75) is 43.5 Å². The molecule has 1 aliphatic rings. The van der Waals surface area contributed by atoms with E-state index in [9.17, 15) is 8.42 Å². The normalized spacial score (nSPS) is 15.2. The highest BCUT2D eigenvalue weighted by atomic mass is 32.2. The highest BCUT2D eigenvalue weighted by Gasteiger charge is 2.26. The molecule has 3 rings (SSSR count). The van der Waals surface area contributed by atoms with Crippen molar-refractivity contribution in [2.24, 2.45) is 0 Å². The summed E-state index contributed by atoms with van der Waals surface area (Å²) in [6, 6.07) is 10.6. The summed E-state index contributed by atoms with van der Waals surface area (Å²) in [4.78, 5) is 0.197. The van der Waals surface area contributed by atoms with Crippen LogP contribution in [0.4, 0.5) is 0 Å². The first-order chi connectivity index (χ1) is 12.5. The summed E-state index contributed by atoms with van der Waals surface area (Å²) in [5.41, 5.74) is 3.07. The van der Waals surface area contributed by atoms with Gasteiger partial charge in [0.2, 0.25) is 10.0 Å². The molecule has 0 spiro atoms. The first kappa shape index (κ1) is 18.7. The number of aryl methyl sites for hydroxylation is 2. The van der Waals surface area contributed by atoms with Gasteiger partial charge in [-0.15, -0.1) is 0 Å². The molecule has 1 aliphatic carbocycles. The summed E-state index contributed by atoms with van der Waals surface area (Å²) < 4.78 is 39.6. The minimum Gasteiger partial charge on any atom is -0.496 e. The third kappa shape index (κ3) is 3.71. The number of fused-ring (bicyclic) bond motifs is 1. The molecule has 0 saturated carbocycles. The summed E-state index contributed by atoms with van der Waals surface area (Å²) in [5, 5.41) is 0. The minimum atomic E-state index is -3.74. The predicted octanol–water partition coefficient (Wildman–Crippen LogP) is 3.62. The van der Waals surface area contributed by atoms with Gasteiger partial charge in [0.1, 0.15) is 16.4 Å². The molecule has 0 heterocycles. The van der Waals surface area contributed by atoms with Crippen molar-refractivity contribution in [1.82, 2.24) is 4.72 Å². The van der Waals surface area contributed by atoms with Crippen LogP contribution in [0.3, 0.4) is 0 Å².